The Balaban J connectivity index is 1.89. The van der Waals surface area contributed by atoms with Gasteiger partial charge in [-0.15, -0.1) is 0 Å². The number of alkyl halides is 3. The van der Waals surface area contributed by atoms with Gasteiger partial charge in [-0.3, -0.25) is 10.1 Å². The minimum atomic E-state index is -4.71. The Morgan fingerprint density at radius 2 is 1.97 bits per heavy atom. The molecule has 0 radical (unpaired) electrons. The van der Waals surface area contributed by atoms with E-state index in [4.69, 9.17) is 9.15 Å². The number of rotatable bonds is 5. The Labute approximate surface area is 160 Å². The van der Waals surface area contributed by atoms with E-state index in [9.17, 15) is 28.1 Å². The number of hydrogen-bond acceptors (Lipinski definition) is 6. The second-order valence-electron chi connectivity index (χ2n) is 5.70. The van der Waals surface area contributed by atoms with E-state index in [2.05, 4.69) is 4.98 Å². The zero-order chi connectivity index (χ0) is 21.2. The van der Waals surface area contributed by atoms with Crippen molar-refractivity contribution in [1.29, 1.82) is 0 Å². The number of aromatic amines is 1. The molecule has 0 saturated carbocycles. The van der Waals surface area contributed by atoms with E-state index in [0.717, 1.165) is 0 Å². The minimum absolute atomic E-state index is 0.155. The molecule has 0 unspecified atom stereocenters. The van der Waals surface area contributed by atoms with Crippen molar-refractivity contribution in [1.82, 2.24) is 9.97 Å². The number of ether oxygens (including phenoxy) is 1. The highest BCUT2D eigenvalue weighted by Crippen LogP contribution is 2.34. The molecule has 2 aromatic heterocycles. The third-order valence-electron chi connectivity index (χ3n) is 3.78. The number of methoxy groups -OCH3 is 1. The molecule has 11 heteroatoms. The average molecular weight is 407 g/mol. The molecule has 0 spiro atoms. The van der Waals surface area contributed by atoms with Gasteiger partial charge in [0.2, 0.25) is 0 Å². The number of non-ortho nitro benzene ring substituents is 1. The molecule has 150 valence electrons. The maximum absolute atomic E-state index is 12.8. The fourth-order valence-electron chi connectivity index (χ4n) is 2.47. The van der Waals surface area contributed by atoms with Crippen LogP contribution in [0.2, 0.25) is 0 Å². The SMILES string of the molecule is COc1cc([N+](=O)[O-])ccc1-c1ccc(/C=C\c2cc(C(F)(F)F)[nH]c(=O)n2)o1. The van der Waals surface area contributed by atoms with Gasteiger partial charge in [0.1, 0.15) is 23.0 Å². The van der Waals surface area contributed by atoms with Crippen LogP contribution in [0.1, 0.15) is 17.1 Å². The number of furan rings is 1. The Kier molecular flexibility index (Phi) is 5.22. The molecule has 0 amide bonds. The van der Waals surface area contributed by atoms with Gasteiger partial charge in [-0.25, -0.2) is 4.79 Å². The van der Waals surface area contributed by atoms with Crippen molar-refractivity contribution in [3.05, 3.63) is 74.1 Å². The van der Waals surface area contributed by atoms with Gasteiger partial charge in [0.05, 0.1) is 29.4 Å². The fraction of sp³-hybridized carbons (Fsp3) is 0.111. The topological polar surface area (TPSA) is 111 Å². The molecule has 3 aromatic rings. The van der Waals surface area contributed by atoms with Crippen LogP contribution in [0.15, 0.2) is 45.6 Å². The molecule has 0 aliphatic heterocycles. The number of H-pyrrole nitrogens is 1. The zero-order valence-corrected chi connectivity index (χ0v) is 14.7. The molecule has 1 aromatic carbocycles. The molecule has 0 bridgehead atoms. The van der Waals surface area contributed by atoms with Gasteiger partial charge in [0.25, 0.3) is 5.69 Å². The number of aromatic nitrogens is 2. The van der Waals surface area contributed by atoms with E-state index in [1.54, 1.807) is 11.1 Å². The Morgan fingerprint density at radius 1 is 1.21 bits per heavy atom. The Morgan fingerprint density at radius 3 is 2.62 bits per heavy atom. The summed E-state index contributed by atoms with van der Waals surface area (Å²) in [5.41, 5.74) is -2.25. The van der Waals surface area contributed by atoms with Crippen molar-refractivity contribution in [3.63, 3.8) is 0 Å². The van der Waals surface area contributed by atoms with Gasteiger partial charge in [0, 0.05) is 6.07 Å². The lowest BCUT2D eigenvalue weighted by Gasteiger charge is -2.06. The van der Waals surface area contributed by atoms with Crippen LogP contribution in [0.25, 0.3) is 23.5 Å². The summed E-state index contributed by atoms with van der Waals surface area (Å²) in [7, 11) is 1.35. The molecular formula is C18H12F3N3O5. The lowest BCUT2D eigenvalue weighted by atomic mass is 10.1. The van der Waals surface area contributed by atoms with Gasteiger partial charge in [0.15, 0.2) is 0 Å². The minimum Gasteiger partial charge on any atom is -0.496 e. The first-order valence-corrected chi connectivity index (χ1v) is 7.96. The molecule has 2 heterocycles. The molecule has 0 aliphatic rings. The molecule has 0 atom stereocenters. The number of halogens is 3. The smallest absolute Gasteiger partial charge is 0.431 e. The van der Waals surface area contributed by atoms with E-state index in [0.29, 0.717) is 17.4 Å². The van der Waals surface area contributed by atoms with Crippen LogP contribution in [0, 0.1) is 10.1 Å². The first-order chi connectivity index (χ1) is 13.7. The summed E-state index contributed by atoms with van der Waals surface area (Å²) in [5, 5.41) is 10.9. The van der Waals surface area contributed by atoms with Crippen LogP contribution >= 0.6 is 0 Å². The lowest BCUT2D eigenvalue weighted by molar-refractivity contribution is -0.384. The van der Waals surface area contributed by atoms with E-state index >= 15 is 0 Å². The number of nitrogens with one attached hydrogen (secondary N) is 1. The summed E-state index contributed by atoms with van der Waals surface area (Å²) in [5.74, 6) is 0.803. The maximum Gasteiger partial charge on any atom is 0.431 e. The molecule has 29 heavy (non-hydrogen) atoms. The van der Waals surface area contributed by atoms with Gasteiger partial charge in [-0.2, -0.15) is 18.2 Å². The Bertz CT molecular complexity index is 1150. The summed E-state index contributed by atoms with van der Waals surface area (Å²) < 4.78 is 49.0. The number of nitro groups is 1. The maximum atomic E-state index is 12.8. The van der Waals surface area contributed by atoms with Gasteiger partial charge < -0.3 is 14.1 Å². The summed E-state index contributed by atoms with van der Waals surface area (Å²) in [6.45, 7) is 0. The lowest BCUT2D eigenvalue weighted by Crippen LogP contribution is -2.19. The quantitative estimate of drug-likeness (QED) is 0.503. The highest BCUT2D eigenvalue weighted by molar-refractivity contribution is 5.71. The largest absolute Gasteiger partial charge is 0.496 e. The monoisotopic (exact) mass is 407 g/mol. The van der Waals surface area contributed by atoms with Crippen molar-refractivity contribution >= 4 is 17.8 Å². The van der Waals surface area contributed by atoms with Crippen molar-refractivity contribution < 1.29 is 27.2 Å². The zero-order valence-electron chi connectivity index (χ0n) is 14.7. The molecule has 0 saturated heterocycles. The van der Waals surface area contributed by atoms with Crippen LogP contribution in [-0.4, -0.2) is 22.0 Å². The molecule has 1 N–H and O–H groups in total. The first-order valence-electron chi connectivity index (χ1n) is 7.96. The van der Waals surface area contributed by atoms with E-state index < -0.39 is 22.5 Å². The van der Waals surface area contributed by atoms with Crippen LogP contribution in [-0.2, 0) is 6.18 Å². The second-order valence-corrected chi connectivity index (χ2v) is 5.70. The van der Waals surface area contributed by atoms with E-state index in [1.165, 1.54) is 43.5 Å². The number of nitrogens with zero attached hydrogens (tertiary/aromatic N) is 2. The Hall–Kier alpha value is -3.89. The van der Waals surface area contributed by atoms with Crippen molar-refractivity contribution in [2.45, 2.75) is 6.18 Å². The standard InChI is InChI=1S/C18H12F3N3O5/c1-28-15-9-11(24(26)27)3-6-13(15)14-7-5-12(29-14)4-2-10-8-16(18(19,20)21)23-17(25)22-10/h2-9H,1H3,(H,22,23,25)/b4-2-. The van der Waals surface area contributed by atoms with Gasteiger partial charge >= 0.3 is 11.9 Å². The summed E-state index contributed by atoms with van der Waals surface area (Å²) >= 11 is 0. The first kappa shape index (κ1) is 19.9. The summed E-state index contributed by atoms with van der Waals surface area (Å²) in [4.78, 5) is 26.7. The molecule has 8 nitrogen and oxygen atoms in total. The van der Waals surface area contributed by atoms with Crippen molar-refractivity contribution in [2.24, 2.45) is 0 Å². The van der Waals surface area contributed by atoms with E-state index in [-0.39, 0.29) is 22.9 Å². The average Bonchev–Trinajstić information content (AvgIpc) is 3.13. The fourth-order valence-corrected chi connectivity index (χ4v) is 2.47. The van der Waals surface area contributed by atoms with E-state index in [1.807, 2.05) is 0 Å². The highest BCUT2D eigenvalue weighted by Gasteiger charge is 2.32. The normalized spacial score (nSPS) is 11.7. The van der Waals surface area contributed by atoms with Crippen LogP contribution in [0.4, 0.5) is 18.9 Å². The van der Waals surface area contributed by atoms with Crippen LogP contribution < -0.4 is 10.4 Å². The van der Waals surface area contributed by atoms with Crippen LogP contribution in [0.3, 0.4) is 0 Å². The molecule has 0 aliphatic carbocycles. The van der Waals surface area contributed by atoms with Gasteiger partial charge in [-0.1, -0.05) is 0 Å². The third-order valence-corrected chi connectivity index (χ3v) is 3.78. The molecule has 0 fully saturated rings. The number of benzene rings is 1. The summed E-state index contributed by atoms with van der Waals surface area (Å²) in [6, 6.07) is 7.78. The van der Waals surface area contributed by atoms with Gasteiger partial charge in [-0.05, 0) is 36.4 Å². The highest BCUT2D eigenvalue weighted by atomic mass is 19.4. The van der Waals surface area contributed by atoms with Crippen molar-refractivity contribution in [3.8, 4) is 17.1 Å². The third kappa shape index (κ3) is 4.51. The summed E-state index contributed by atoms with van der Waals surface area (Å²) in [6.07, 6.45) is -2.18. The second kappa shape index (κ2) is 7.62. The number of hydrogen-bond donors (Lipinski definition) is 1. The van der Waals surface area contributed by atoms with Crippen LogP contribution in [0.5, 0.6) is 5.75 Å². The van der Waals surface area contributed by atoms with Crippen molar-refractivity contribution in [2.75, 3.05) is 7.11 Å². The molecule has 3 rings (SSSR count). The number of nitro benzene ring substituents is 1. The predicted molar refractivity (Wildman–Crippen MR) is 96.1 cm³/mol. The predicted octanol–water partition coefficient (Wildman–Crippen LogP) is 4.14. The molecular weight excluding hydrogens is 395 g/mol.